The highest BCUT2D eigenvalue weighted by atomic mass is 19.1. The molecule has 0 aliphatic heterocycles. The van der Waals surface area contributed by atoms with E-state index in [9.17, 15) is 13.9 Å². The summed E-state index contributed by atoms with van der Waals surface area (Å²) in [6.45, 7) is 0.0428. The van der Waals surface area contributed by atoms with Crippen molar-refractivity contribution in [2.24, 2.45) is 5.41 Å². The van der Waals surface area contributed by atoms with Crippen LogP contribution in [0.25, 0.3) is 0 Å². The van der Waals surface area contributed by atoms with Gasteiger partial charge < -0.3 is 5.11 Å². The molecule has 3 aromatic rings. The Hall–Kier alpha value is -3.11. The highest BCUT2D eigenvalue weighted by Gasteiger charge is 2.69. The first-order valence-electron chi connectivity index (χ1n) is 9.87. The molecule has 0 saturated heterocycles. The summed E-state index contributed by atoms with van der Waals surface area (Å²) in [5, 5.41) is 24.6. The standard InChI is InChI=1S/C23H20F2N4O/c24-18-5-6-19(20(25)7-18)23(30,13-29-15-27-14-28-29)12-21-9-22(10-21,11-21)17-3-1-16(8-26)2-4-17/h1-7,14-15,30H,9-13H2. The highest BCUT2D eigenvalue weighted by Crippen LogP contribution is 2.76. The third-order valence-corrected chi connectivity index (χ3v) is 6.76. The van der Waals surface area contributed by atoms with E-state index >= 15 is 0 Å². The van der Waals surface area contributed by atoms with Gasteiger partial charge in [0.25, 0.3) is 0 Å². The molecule has 3 aliphatic carbocycles. The van der Waals surface area contributed by atoms with Crippen LogP contribution in [0, 0.1) is 28.4 Å². The lowest BCUT2D eigenvalue weighted by Crippen LogP contribution is -2.66. The van der Waals surface area contributed by atoms with Crippen molar-refractivity contribution in [3.8, 4) is 6.07 Å². The molecular weight excluding hydrogens is 386 g/mol. The Morgan fingerprint density at radius 1 is 1.13 bits per heavy atom. The molecule has 5 nitrogen and oxygen atoms in total. The number of aromatic nitrogens is 3. The van der Waals surface area contributed by atoms with E-state index in [-0.39, 0.29) is 22.9 Å². The summed E-state index contributed by atoms with van der Waals surface area (Å²) in [5.74, 6) is -1.43. The summed E-state index contributed by atoms with van der Waals surface area (Å²) in [6, 6.07) is 13.1. The van der Waals surface area contributed by atoms with Gasteiger partial charge in [-0.05, 0) is 60.3 Å². The predicted octanol–water partition coefficient (Wildman–Crippen LogP) is 3.83. The summed E-state index contributed by atoms with van der Waals surface area (Å²) >= 11 is 0. The molecule has 2 aromatic carbocycles. The number of nitriles is 1. The minimum atomic E-state index is -1.53. The monoisotopic (exact) mass is 406 g/mol. The van der Waals surface area contributed by atoms with Gasteiger partial charge >= 0.3 is 0 Å². The molecule has 1 atom stereocenters. The molecule has 0 amide bonds. The zero-order valence-corrected chi connectivity index (χ0v) is 16.2. The Morgan fingerprint density at radius 3 is 2.47 bits per heavy atom. The van der Waals surface area contributed by atoms with Gasteiger partial charge in [-0.3, -0.25) is 0 Å². The maximum atomic E-state index is 14.6. The maximum absolute atomic E-state index is 14.6. The first kappa shape index (κ1) is 18.9. The van der Waals surface area contributed by atoms with E-state index in [1.165, 1.54) is 35.0 Å². The molecule has 6 rings (SSSR count). The summed E-state index contributed by atoms with van der Waals surface area (Å²) in [7, 11) is 0. The lowest BCUT2D eigenvalue weighted by Gasteiger charge is -2.72. The zero-order chi connectivity index (χ0) is 21.0. The van der Waals surface area contributed by atoms with Crippen molar-refractivity contribution in [1.82, 2.24) is 14.8 Å². The minimum absolute atomic E-state index is 0.0428. The van der Waals surface area contributed by atoms with Crippen molar-refractivity contribution in [3.05, 3.63) is 83.4 Å². The number of hydrogen-bond donors (Lipinski definition) is 1. The predicted molar refractivity (Wildman–Crippen MR) is 104 cm³/mol. The van der Waals surface area contributed by atoms with Crippen LogP contribution in [0.3, 0.4) is 0 Å². The quantitative estimate of drug-likeness (QED) is 0.675. The van der Waals surface area contributed by atoms with Gasteiger partial charge in [-0.25, -0.2) is 18.4 Å². The Morgan fingerprint density at radius 2 is 1.87 bits per heavy atom. The fourth-order valence-electron chi connectivity index (χ4n) is 5.70. The zero-order valence-electron chi connectivity index (χ0n) is 16.2. The van der Waals surface area contributed by atoms with Crippen LogP contribution in [0.4, 0.5) is 8.78 Å². The SMILES string of the molecule is N#Cc1ccc(C23CC(CC(O)(Cn4cncn4)c4ccc(F)cc4F)(C2)C3)cc1. The number of rotatable bonds is 6. The van der Waals surface area contributed by atoms with Gasteiger partial charge in [-0.1, -0.05) is 18.2 Å². The number of aliphatic hydroxyl groups is 1. The molecule has 30 heavy (non-hydrogen) atoms. The Labute approximate surface area is 172 Å². The van der Waals surface area contributed by atoms with Gasteiger partial charge in [0.05, 0.1) is 18.2 Å². The number of halogens is 2. The molecule has 0 radical (unpaired) electrons. The van der Waals surface area contributed by atoms with E-state index in [1.54, 1.807) is 0 Å². The topological polar surface area (TPSA) is 74.7 Å². The van der Waals surface area contributed by atoms with Crippen molar-refractivity contribution in [2.45, 2.75) is 43.2 Å². The van der Waals surface area contributed by atoms with Crippen LogP contribution < -0.4 is 0 Å². The molecular formula is C23H20F2N4O. The first-order chi connectivity index (χ1) is 14.4. The van der Waals surface area contributed by atoms with Crippen molar-refractivity contribution in [3.63, 3.8) is 0 Å². The molecule has 2 bridgehead atoms. The van der Waals surface area contributed by atoms with E-state index in [0.29, 0.717) is 12.0 Å². The summed E-state index contributed by atoms with van der Waals surface area (Å²) in [4.78, 5) is 3.91. The van der Waals surface area contributed by atoms with Crippen LogP contribution in [-0.4, -0.2) is 19.9 Å². The highest BCUT2D eigenvalue weighted by molar-refractivity contribution is 5.42. The van der Waals surface area contributed by atoms with E-state index in [2.05, 4.69) is 16.2 Å². The average Bonchev–Trinajstić information content (AvgIpc) is 3.16. The van der Waals surface area contributed by atoms with E-state index in [4.69, 9.17) is 5.26 Å². The van der Waals surface area contributed by atoms with Crippen LogP contribution in [-0.2, 0) is 17.6 Å². The smallest absolute Gasteiger partial charge is 0.137 e. The van der Waals surface area contributed by atoms with Gasteiger partial charge in [0, 0.05) is 11.6 Å². The van der Waals surface area contributed by atoms with Crippen molar-refractivity contribution in [1.29, 1.82) is 5.26 Å². The second kappa shape index (κ2) is 6.44. The lowest BCUT2D eigenvalue weighted by molar-refractivity contribution is -0.188. The first-order valence-corrected chi connectivity index (χ1v) is 9.87. The van der Waals surface area contributed by atoms with Crippen LogP contribution in [0.2, 0.25) is 0 Å². The van der Waals surface area contributed by atoms with E-state index in [0.717, 1.165) is 25.3 Å². The summed E-state index contributed by atoms with van der Waals surface area (Å²) < 4.78 is 29.6. The van der Waals surface area contributed by atoms with Gasteiger partial charge in [0.1, 0.15) is 29.9 Å². The third-order valence-electron chi connectivity index (χ3n) is 6.76. The molecule has 0 spiro atoms. The van der Waals surface area contributed by atoms with Crippen molar-refractivity contribution in [2.75, 3.05) is 0 Å². The third kappa shape index (κ3) is 2.91. The number of hydrogen-bond acceptors (Lipinski definition) is 4. The Balaban J connectivity index is 1.40. The molecule has 1 unspecified atom stereocenters. The molecule has 1 N–H and O–H groups in total. The van der Waals surface area contributed by atoms with Crippen LogP contribution in [0.5, 0.6) is 0 Å². The fourth-order valence-corrected chi connectivity index (χ4v) is 5.70. The molecule has 152 valence electrons. The largest absolute Gasteiger partial charge is 0.383 e. The van der Waals surface area contributed by atoms with Crippen LogP contribution in [0.1, 0.15) is 42.4 Å². The van der Waals surface area contributed by atoms with Crippen LogP contribution >= 0.6 is 0 Å². The fraction of sp³-hybridized carbons (Fsp3) is 0.348. The number of nitrogens with zero attached hydrogens (tertiary/aromatic N) is 4. The molecule has 7 heteroatoms. The molecule has 3 aliphatic rings. The summed E-state index contributed by atoms with van der Waals surface area (Å²) in [5.41, 5.74) is 0.373. The molecule has 3 fully saturated rings. The minimum Gasteiger partial charge on any atom is -0.383 e. The normalized spacial score (nSPS) is 26.2. The molecule has 1 heterocycles. The molecule has 1 aromatic heterocycles. The molecule has 3 saturated carbocycles. The Bertz CT molecular complexity index is 1120. The average molecular weight is 406 g/mol. The Kier molecular flexibility index (Phi) is 4.06. The second-order valence-corrected chi connectivity index (χ2v) is 8.93. The van der Waals surface area contributed by atoms with E-state index in [1.807, 2.05) is 24.3 Å². The second-order valence-electron chi connectivity index (χ2n) is 8.93. The van der Waals surface area contributed by atoms with Crippen molar-refractivity contribution >= 4 is 0 Å². The van der Waals surface area contributed by atoms with Gasteiger partial charge in [-0.15, -0.1) is 0 Å². The lowest BCUT2D eigenvalue weighted by atomic mass is 9.32. The van der Waals surface area contributed by atoms with E-state index < -0.39 is 17.2 Å². The van der Waals surface area contributed by atoms with Gasteiger partial charge in [0.2, 0.25) is 0 Å². The van der Waals surface area contributed by atoms with Crippen molar-refractivity contribution < 1.29 is 13.9 Å². The maximum Gasteiger partial charge on any atom is 0.137 e. The summed E-state index contributed by atoms with van der Waals surface area (Å²) in [6.07, 6.45) is 5.90. The van der Waals surface area contributed by atoms with Crippen LogP contribution in [0.15, 0.2) is 55.1 Å². The number of benzene rings is 2. The van der Waals surface area contributed by atoms with Gasteiger partial charge in [0.15, 0.2) is 0 Å². The van der Waals surface area contributed by atoms with Gasteiger partial charge in [-0.2, -0.15) is 10.4 Å².